The Balaban J connectivity index is 1.85. The molecule has 0 radical (unpaired) electrons. The minimum atomic E-state index is -3.97. The maximum absolute atomic E-state index is 13.0. The lowest BCUT2D eigenvalue weighted by atomic mass is 10.0. The third-order valence-electron chi connectivity index (χ3n) is 6.57. The van der Waals surface area contributed by atoms with Crippen LogP contribution in [0.2, 0.25) is 18.1 Å². The number of ether oxygens (including phenoxy) is 2. The van der Waals surface area contributed by atoms with Gasteiger partial charge in [-0.1, -0.05) is 62.8 Å². The standard InChI is InChI=1S/C26H36O6SSi/c1-19-8-14-22(15-9-19)33(27,28)32-24-17-16-23(20-10-12-21(29-5)13-11-20)31-25(24)18-30-34(6,7)26(2,3)4/h8-17,23-25H,18H2,1-7H3/t23-,24-,25+/m0/s1. The zero-order chi connectivity index (χ0) is 25.1. The quantitative estimate of drug-likeness (QED) is 0.257. The summed E-state index contributed by atoms with van der Waals surface area (Å²) in [5, 5.41) is 0.0111. The van der Waals surface area contributed by atoms with Gasteiger partial charge in [-0.2, -0.15) is 8.42 Å². The molecule has 0 saturated carbocycles. The van der Waals surface area contributed by atoms with E-state index < -0.39 is 30.6 Å². The van der Waals surface area contributed by atoms with Crippen molar-refractivity contribution in [3.05, 3.63) is 71.8 Å². The average Bonchev–Trinajstić information content (AvgIpc) is 2.78. The molecule has 0 aliphatic carbocycles. The molecule has 0 amide bonds. The molecule has 0 unspecified atom stereocenters. The Hall–Kier alpha value is -1.97. The predicted molar refractivity (Wildman–Crippen MR) is 136 cm³/mol. The summed E-state index contributed by atoms with van der Waals surface area (Å²) in [5.41, 5.74) is 1.91. The fourth-order valence-corrected chi connectivity index (χ4v) is 5.35. The van der Waals surface area contributed by atoms with E-state index in [4.69, 9.17) is 18.1 Å². The lowest BCUT2D eigenvalue weighted by Crippen LogP contribution is -2.46. The van der Waals surface area contributed by atoms with Gasteiger partial charge in [0.05, 0.1) is 18.6 Å². The monoisotopic (exact) mass is 504 g/mol. The zero-order valence-corrected chi connectivity index (χ0v) is 22.9. The van der Waals surface area contributed by atoms with E-state index in [1.807, 2.05) is 37.3 Å². The van der Waals surface area contributed by atoms with Crippen LogP contribution in [0.5, 0.6) is 5.75 Å². The second-order valence-corrected chi connectivity index (χ2v) is 16.5. The van der Waals surface area contributed by atoms with Crippen molar-refractivity contribution in [1.82, 2.24) is 0 Å². The Morgan fingerprint density at radius 1 is 0.971 bits per heavy atom. The van der Waals surface area contributed by atoms with Crippen LogP contribution in [0.25, 0.3) is 0 Å². The van der Waals surface area contributed by atoms with Crippen LogP contribution in [-0.2, 0) is 23.5 Å². The highest BCUT2D eigenvalue weighted by atomic mass is 32.2. The van der Waals surface area contributed by atoms with E-state index in [9.17, 15) is 8.42 Å². The van der Waals surface area contributed by atoms with Gasteiger partial charge in [0.1, 0.15) is 24.1 Å². The third-order valence-corrected chi connectivity index (χ3v) is 12.4. The normalized spacial score (nSPS) is 21.4. The molecule has 3 atom stereocenters. The van der Waals surface area contributed by atoms with Gasteiger partial charge >= 0.3 is 0 Å². The lowest BCUT2D eigenvalue weighted by molar-refractivity contribution is -0.0691. The van der Waals surface area contributed by atoms with Gasteiger partial charge in [-0.3, -0.25) is 4.18 Å². The van der Waals surface area contributed by atoms with Crippen molar-refractivity contribution in [2.45, 2.75) is 69.0 Å². The van der Waals surface area contributed by atoms with E-state index in [2.05, 4.69) is 33.9 Å². The third kappa shape index (κ3) is 6.37. The summed E-state index contributed by atoms with van der Waals surface area (Å²) in [5.74, 6) is 0.756. The van der Waals surface area contributed by atoms with Crippen molar-refractivity contribution in [3.8, 4) is 5.75 Å². The largest absolute Gasteiger partial charge is 0.497 e. The molecule has 34 heavy (non-hydrogen) atoms. The van der Waals surface area contributed by atoms with E-state index in [1.165, 1.54) is 0 Å². The highest BCUT2D eigenvalue weighted by molar-refractivity contribution is 7.86. The molecule has 1 aliphatic heterocycles. The smallest absolute Gasteiger partial charge is 0.297 e. The molecule has 2 aromatic rings. The minimum Gasteiger partial charge on any atom is -0.497 e. The first-order valence-corrected chi connectivity index (χ1v) is 15.8. The van der Waals surface area contributed by atoms with Crippen molar-refractivity contribution in [2.24, 2.45) is 0 Å². The van der Waals surface area contributed by atoms with Crippen LogP contribution in [0.15, 0.2) is 65.6 Å². The Kier molecular flexibility index (Phi) is 8.09. The highest BCUT2D eigenvalue weighted by Gasteiger charge is 2.40. The van der Waals surface area contributed by atoms with Gasteiger partial charge in [-0.15, -0.1) is 0 Å². The van der Waals surface area contributed by atoms with Gasteiger partial charge in [0.2, 0.25) is 0 Å². The van der Waals surface area contributed by atoms with Crippen molar-refractivity contribution >= 4 is 18.4 Å². The molecular weight excluding hydrogens is 468 g/mol. The Labute approximate surface area is 205 Å². The number of methoxy groups -OCH3 is 1. The first-order valence-electron chi connectivity index (χ1n) is 11.4. The SMILES string of the molecule is COc1ccc([C@@H]2C=C[C@H](OS(=O)(=O)c3ccc(C)cc3)[C@@H](CO[Si](C)(C)C(C)(C)C)O2)cc1. The lowest BCUT2D eigenvalue weighted by Gasteiger charge is -2.39. The fraction of sp³-hybridized carbons (Fsp3) is 0.462. The van der Waals surface area contributed by atoms with Crippen LogP contribution >= 0.6 is 0 Å². The minimum absolute atomic E-state index is 0.0111. The molecule has 0 N–H and O–H groups in total. The Morgan fingerprint density at radius 3 is 2.15 bits per heavy atom. The first kappa shape index (κ1) is 26.6. The number of hydrogen-bond donors (Lipinski definition) is 0. The van der Waals surface area contributed by atoms with Crippen LogP contribution in [0.4, 0.5) is 0 Å². The first-order chi connectivity index (χ1) is 15.8. The van der Waals surface area contributed by atoms with Crippen LogP contribution in [-0.4, -0.2) is 42.7 Å². The van der Waals surface area contributed by atoms with Crippen LogP contribution in [0, 0.1) is 6.92 Å². The summed E-state index contributed by atoms with van der Waals surface area (Å²) >= 11 is 0. The zero-order valence-electron chi connectivity index (χ0n) is 21.1. The molecule has 3 rings (SSSR count). The number of benzene rings is 2. The summed E-state index contributed by atoms with van der Waals surface area (Å²) in [4.78, 5) is 0.118. The molecule has 186 valence electrons. The van der Waals surface area contributed by atoms with Gasteiger partial charge in [0, 0.05) is 0 Å². The van der Waals surface area contributed by atoms with E-state index >= 15 is 0 Å². The molecule has 0 saturated heterocycles. The summed E-state index contributed by atoms with van der Waals surface area (Å²) in [6.07, 6.45) is 1.86. The summed E-state index contributed by atoms with van der Waals surface area (Å²) < 4.78 is 49.6. The van der Waals surface area contributed by atoms with Crippen molar-refractivity contribution < 1.29 is 26.5 Å². The van der Waals surface area contributed by atoms with Crippen LogP contribution in [0.1, 0.15) is 38.0 Å². The number of aryl methyl sites for hydroxylation is 1. The number of hydrogen-bond acceptors (Lipinski definition) is 6. The van der Waals surface area contributed by atoms with Crippen LogP contribution < -0.4 is 4.74 Å². The van der Waals surface area contributed by atoms with Crippen molar-refractivity contribution in [3.63, 3.8) is 0 Å². The van der Waals surface area contributed by atoms with E-state index in [1.54, 1.807) is 37.5 Å². The average molecular weight is 505 g/mol. The Bertz CT molecular complexity index is 1090. The topological polar surface area (TPSA) is 71.1 Å². The molecular formula is C26H36O6SSi. The van der Waals surface area contributed by atoms with Gasteiger partial charge in [0.15, 0.2) is 8.32 Å². The molecule has 0 aromatic heterocycles. The van der Waals surface area contributed by atoms with Gasteiger partial charge < -0.3 is 13.9 Å². The van der Waals surface area contributed by atoms with Gasteiger partial charge in [-0.25, -0.2) is 0 Å². The predicted octanol–water partition coefficient (Wildman–Crippen LogP) is 5.80. The van der Waals surface area contributed by atoms with E-state index in [-0.39, 0.29) is 22.6 Å². The molecule has 1 heterocycles. The molecule has 0 fully saturated rings. The molecule has 2 aromatic carbocycles. The summed E-state index contributed by atoms with van der Waals surface area (Å²) in [7, 11) is -4.44. The van der Waals surface area contributed by atoms with Gasteiger partial charge in [0.25, 0.3) is 10.1 Å². The Morgan fingerprint density at radius 2 is 1.59 bits per heavy atom. The van der Waals surface area contributed by atoms with Crippen molar-refractivity contribution in [2.75, 3.05) is 13.7 Å². The molecule has 1 aliphatic rings. The second-order valence-electron chi connectivity index (χ2n) is 10.2. The van der Waals surface area contributed by atoms with E-state index in [0.29, 0.717) is 0 Å². The van der Waals surface area contributed by atoms with E-state index in [0.717, 1.165) is 16.9 Å². The summed E-state index contributed by atoms with van der Waals surface area (Å²) in [6, 6.07) is 14.2. The summed E-state index contributed by atoms with van der Waals surface area (Å²) in [6.45, 7) is 13.0. The molecule has 0 bridgehead atoms. The second kappa shape index (κ2) is 10.3. The molecule has 6 nitrogen and oxygen atoms in total. The maximum atomic E-state index is 13.0. The highest BCUT2D eigenvalue weighted by Crippen LogP contribution is 2.38. The van der Waals surface area contributed by atoms with Crippen molar-refractivity contribution in [1.29, 1.82) is 0 Å². The van der Waals surface area contributed by atoms with Gasteiger partial charge in [-0.05, 0) is 54.9 Å². The number of rotatable bonds is 8. The van der Waals surface area contributed by atoms with Crippen LogP contribution in [0.3, 0.4) is 0 Å². The fourth-order valence-electron chi connectivity index (χ4n) is 3.27. The molecule has 8 heteroatoms. The maximum Gasteiger partial charge on any atom is 0.297 e. The molecule has 0 spiro atoms.